The van der Waals surface area contributed by atoms with Gasteiger partial charge in [-0.1, -0.05) is 25.5 Å². The van der Waals surface area contributed by atoms with Gasteiger partial charge in [-0.15, -0.1) is 0 Å². The van der Waals surface area contributed by atoms with Crippen LogP contribution < -0.4 is 15.0 Å². The van der Waals surface area contributed by atoms with Crippen LogP contribution in [0.25, 0.3) is 0 Å². The minimum Gasteiger partial charge on any atom is -0.485 e. The SMILES string of the molecule is CCCc1cc(=O)[nH]c(C2COc3ccccc3O2)n1. The van der Waals surface area contributed by atoms with Gasteiger partial charge in [-0.05, 0) is 18.6 Å². The van der Waals surface area contributed by atoms with Gasteiger partial charge in [0, 0.05) is 11.8 Å². The molecule has 2 aromatic rings. The Bertz CT molecular complexity index is 666. The fraction of sp³-hybridized carbons (Fsp3) is 0.333. The molecule has 0 radical (unpaired) electrons. The van der Waals surface area contributed by atoms with E-state index < -0.39 is 0 Å². The van der Waals surface area contributed by atoms with Gasteiger partial charge >= 0.3 is 0 Å². The topological polar surface area (TPSA) is 64.2 Å². The molecular formula is C15H16N2O3. The maximum Gasteiger partial charge on any atom is 0.251 e. The molecule has 20 heavy (non-hydrogen) atoms. The molecule has 0 bridgehead atoms. The first-order valence-electron chi connectivity index (χ1n) is 6.75. The van der Waals surface area contributed by atoms with Gasteiger partial charge in [0.1, 0.15) is 6.61 Å². The van der Waals surface area contributed by atoms with Gasteiger partial charge in [0.25, 0.3) is 5.56 Å². The zero-order valence-corrected chi connectivity index (χ0v) is 11.3. The smallest absolute Gasteiger partial charge is 0.251 e. The van der Waals surface area contributed by atoms with Crippen molar-refractivity contribution in [2.45, 2.75) is 25.9 Å². The largest absolute Gasteiger partial charge is 0.485 e. The summed E-state index contributed by atoms with van der Waals surface area (Å²) in [5.74, 6) is 1.92. The number of fused-ring (bicyclic) bond motifs is 1. The number of aromatic amines is 1. The highest BCUT2D eigenvalue weighted by atomic mass is 16.6. The van der Waals surface area contributed by atoms with E-state index in [9.17, 15) is 4.79 Å². The minimum absolute atomic E-state index is 0.152. The second-order valence-corrected chi connectivity index (χ2v) is 4.74. The van der Waals surface area contributed by atoms with Crippen molar-refractivity contribution in [2.75, 3.05) is 6.61 Å². The molecular weight excluding hydrogens is 256 g/mol. The van der Waals surface area contributed by atoms with Crippen LogP contribution in [0, 0.1) is 0 Å². The van der Waals surface area contributed by atoms with Crippen LogP contribution in [-0.4, -0.2) is 16.6 Å². The summed E-state index contributed by atoms with van der Waals surface area (Å²) >= 11 is 0. The lowest BCUT2D eigenvalue weighted by atomic mass is 10.2. The number of ether oxygens (including phenoxy) is 2. The lowest BCUT2D eigenvalue weighted by Gasteiger charge is -2.25. The number of para-hydroxylation sites is 2. The van der Waals surface area contributed by atoms with E-state index in [1.165, 1.54) is 6.07 Å². The van der Waals surface area contributed by atoms with Crippen LogP contribution in [0.3, 0.4) is 0 Å². The molecule has 0 aliphatic carbocycles. The number of nitrogens with zero attached hydrogens (tertiary/aromatic N) is 1. The molecule has 5 nitrogen and oxygen atoms in total. The van der Waals surface area contributed by atoms with Gasteiger partial charge in [0.2, 0.25) is 0 Å². The third-order valence-electron chi connectivity index (χ3n) is 3.13. The first-order chi connectivity index (χ1) is 9.76. The number of benzene rings is 1. The molecule has 5 heteroatoms. The maximum absolute atomic E-state index is 11.7. The zero-order chi connectivity index (χ0) is 13.9. The third-order valence-corrected chi connectivity index (χ3v) is 3.13. The molecule has 1 N–H and O–H groups in total. The summed E-state index contributed by atoms with van der Waals surface area (Å²) in [5.41, 5.74) is 0.634. The molecule has 0 spiro atoms. The molecule has 1 aliphatic heterocycles. The molecule has 3 rings (SSSR count). The number of aromatic nitrogens is 2. The Morgan fingerprint density at radius 1 is 1.35 bits per heavy atom. The van der Waals surface area contributed by atoms with Crippen molar-refractivity contribution in [1.29, 1.82) is 0 Å². The highest BCUT2D eigenvalue weighted by Gasteiger charge is 2.24. The molecule has 1 aromatic carbocycles. The Balaban J connectivity index is 1.89. The zero-order valence-electron chi connectivity index (χ0n) is 11.3. The molecule has 1 atom stereocenters. The first-order valence-corrected chi connectivity index (χ1v) is 6.75. The van der Waals surface area contributed by atoms with Crippen LogP contribution in [0.2, 0.25) is 0 Å². The summed E-state index contributed by atoms with van der Waals surface area (Å²) in [6.45, 7) is 2.40. The number of hydrogen-bond acceptors (Lipinski definition) is 4. The minimum atomic E-state index is -0.380. The monoisotopic (exact) mass is 272 g/mol. The van der Waals surface area contributed by atoms with Crippen LogP contribution >= 0.6 is 0 Å². The van der Waals surface area contributed by atoms with Crippen molar-refractivity contribution < 1.29 is 9.47 Å². The quantitative estimate of drug-likeness (QED) is 0.930. The van der Waals surface area contributed by atoms with Gasteiger partial charge in [0.15, 0.2) is 23.4 Å². The lowest BCUT2D eigenvalue weighted by Crippen LogP contribution is -2.26. The van der Waals surface area contributed by atoms with Crippen molar-refractivity contribution in [3.63, 3.8) is 0 Å². The number of aryl methyl sites for hydroxylation is 1. The van der Waals surface area contributed by atoms with Gasteiger partial charge < -0.3 is 14.5 Å². The number of rotatable bonds is 3. The van der Waals surface area contributed by atoms with E-state index in [-0.39, 0.29) is 11.7 Å². The van der Waals surface area contributed by atoms with Crippen LogP contribution in [0.4, 0.5) is 0 Å². The highest BCUT2D eigenvalue weighted by molar-refractivity contribution is 5.41. The molecule has 0 amide bonds. The van der Waals surface area contributed by atoms with Gasteiger partial charge in [-0.3, -0.25) is 4.79 Å². The number of nitrogens with one attached hydrogen (secondary N) is 1. The van der Waals surface area contributed by atoms with Crippen molar-refractivity contribution in [3.05, 3.63) is 52.2 Å². The Labute approximate surface area is 116 Å². The third kappa shape index (κ3) is 2.52. The average Bonchev–Trinajstić information content (AvgIpc) is 2.46. The van der Waals surface area contributed by atoms with E-state index in [0.717, 1.165) is 24.3 Å². The molecule has 0 fully saturated rings. The molecule has 0 saturated heterocycles. The van der Waals surface area contributed by atoms with E-state index in [4.69, 9.17) is 9.47 Å². The van der Waals surface area contributed by atoms with Crippen molar-refractivity contribution in [3.8, 4) is 11.5 Å². The molecule has 104 valence electrons. The summed E-state index contributed by atoms with van der Waals surface area (Å²) in [7, 11) is 0. The Morgan fingerprint density at radius 3 is 2.95 bits per heavy atom. The molecule has 0 saturated carbocycles. The molecule has 2 heterocycles. The molecule has 1 unspecified atom stereocenters. The maximum atomic E-state index is 11.7. The Morgan fingerprint density at radius 2 is 2.15 bits per heavy atom. The predicted octanol–water partition coefficient (Wildman–Crippen LogP) is 2.23. The Kier molecular flexibility index (Phi) is 3.41. The summed E-state index contributed by atoms with van der Waals surface area (Å²) in [6, 6.07) is 9.01. The Hall–Kier alpha value is -2.30. The lowest BCUT2D eigenvalue weighted by molar-refractivity contribution is 0.0847. The van der Waals surface area contributed by atoms with Gasteiger partial charge in [0.05, 0.1) is 0 Å². The summed E-state index contributed by atoms with van der Waals surface area (Å²) in [4.78, 5) is 18.9. The van der Waals surface area contributed by atoms with Crippen LogP contribution in [0.5, 0.6) is 11.5 Å². The highest BCUT2D eigenvalue weighted by Crippen LogP contribution is 2.34. The number of H-pyrrole nitrogens is 1. The van der Waals surface area contributed by atoms with Gasteiger partial charge in [-0.25, -0.2) is 4.98 Å². The van der Waals surface area contributed by atoms with Gasteiger partial charge in [-0.2, -0.15) is 0 Å². The summed E-state index contributed by atoms with van der Waals surface area (Å²) in [6.07, 6.45) is 1.34. The van der Waals surface area contributed by atoms with Crippen LogP contribution in [-0.2, 0) is 6.42 Å². The standard InChI is InChI=1S/C15H16N2O3/c1-2-5-10-8-14(18)17-15(16-10)13-9-19-11-6-3-4-7-12(11)20-13/h3-4,6-8,13H,2,5,9H2,1H3,(H,16,17,18). The van der Waals surface area contributed by atoms with E-state index in [1.807, 2.05) is 24.3 Å². The second kappa shape index (κ2) is 5.36. The second-order valence-electron chi connectivity index (χ2n) is 4.74. The van der Waals surface area contributed by atoms with Crippen LogP contribution in [0.1, 0.15) is 31.0 Å². The normalized spacial score (nSPS) is 16.9. The first kappa shape index (κ1) is 12.7. The predicted molar refractivity (Wildman–Crippen MR) is 74.2 cm³/mol. The van der Waals surface area contributed by atoms with Crippen molar-refractivity contribution >= 4 is 0 Å². The van der Waals surface area contributed by atoms with Crippen LogP contribution in [0.15, 0.2) is 35.1 Å². The number of hydrogen-bond donors (Lipinski definition) is 1. The van der Waals surface area contributed by atoms with E-state index in [2.05, 4.69) is 16.9 Å². The van der Waals surface area contributed by atoms with E-state index in [0.29, 0.717) is 18.2 Å². The summed E-state index contributed by atoms with van der Waals surface area (Å²) in [5, 5.41) is 0. The molecule has 1 aliphatic rings. The summed E-state index contributed by atoms with van der Waals surface area (Å²) < 4.78 is 11.5. The van der Waals surface area contributed by atoms with E-state index in [1.54, 1.807) is 0 Å². The van der Waals surface area contributed by atoms with Crippen molar-refractivity contribution in [2.24, 2.45) is 0 Å². The average molecular weight is 272 g/mol. The fourth-order valence-corrected chi connectivity index (χ4v) is 2.22. The molecule has 1 aromatic heterocycles. The fourth-order valence-electron chi connectivity index (χ4n) is 2.22. The van der Waals surface area contributed by atoms with E-state index >= 15 is 0 Å². The van der Waals surface area contributed by atoms with Crippen molar-refractivity contribution in [1.82, 2.24) is 9.97 Å².